The highest BCUT2D eigenvalue weighted by Crippen LogP contribution is 2.09. The van der Waals surface area contributed by atoms with E-state index in [9.17, 15) is 9.59 Å². The molecule has 0 saturated carbocycles. The van der Waals surface area contributed by atoms with Crippen molar-refractivity contribution < 1.29 is 14.7 Å². The summed E-state index contributed by atoms with van der Waals surface area (Å²) in [7, 11) is 0. The molecule has 0 saturated heterocycles. The second-order valence-corrected chi connectivity index (χ2v) is 4.35. The monoisotopic (exact) mass is 215 g/mol. The summed E-state index contributed by atoms with van der Waals surface area (Å²) in [5.74, 6) is -0.935. The Morgan fingerprint density at radius 1 is 1.20 bits per heavy atom. The largest absolute Gasteiger partial charge is 0.481 e. The molecule has 2 atom stereocenters. The SMILES string of the molecule is CC(CCNC(=O)C(C)C(C)C)C(=O)O. The first-order chi connectivity index (χ1) is 6.86. The van der Waals surface area contributed by atoms with E-state index in [1.54, 1.807) is 6.92 Å². The third-order valence-electron chi connectivity index (χ3n) is 2.71. The summed E-state index contributed by atoms with van der Waals surface area (Å²) in [5, 5.41) is 11.4. The average molecular weight is 215 g/mol. The van der Waals surface area contributed by atoms with Crippen molar-refractivity contribution in [3.63, 3.8) is 0 Å². The number of carboxylic acids is 1. The molecular weight excluding hydrogens is 194 g/mol. The number of carboxylic acid groups (broad SMARTS) is 1. The minimum absolute atomic E-state index is 0.00240. The van der Waals surface area contributed by atoms with E-state index in [1.807, 2.05) is 20.8 Å². The minimum atomic E-state index is -0.818. The Kier molecular flexibility index (Phi) is 5.97. The highest BCUT2D eigenvalue weighted by molar-refractivity contribution is 5.78. The van der Waals surface area contributed by atoms with Crippen molar-refractivity contribution in [3.05, 3.63) is 0 Å². The molecule has 0 heterocycles. The summed E-state index contributed by atoms with van der Waals surface area (Å²) in [5.41, 5.74) is 0. The molecule has 2 unspecified atom stereocenters. The predicted molar refractivity (Wildman–Crippen MR) is 58.4 cm³/mol. The number of nitrogens with one attached hydrogen (secondary N) is 1. The number of carbonyl (C=O) groups excluding carboxylic acids is 1. The van der Waals surface area contributed by atoms with Crippen LogP contribution in [0.1, 0.15) is 34.1 Å². The third-order valence-corrected chi connectivity index (χ3v) is 2.71. The molecule has 0 aromatic heterocycles. The molecule has 0 rings (SSSR count). The Morgan fingerprint density at radius 2 is 1.73 bits per heavy atom. The van der Waals surface area contributed by atoms with Crippen LogP contribution in [0.5, 0.6) is 0 Å². The molecule has 0 aliphatic carbocycles. The van der Waals surface area contributed by atoms with Crippen molar-refractivity contribution >= 4 is 11.9 Å². The van der Waals surface area contributed by atoms with Gasteiger partial charge in [-0.2, -0.15) is 0 Å². The first-order valence-corrected chi connectivity index (χ1v) is 5.36. The predicted octanol–water partition coefficient (Wildman–Crippen LogP) is 1.51. The van der Waals surface area contributed by atoms with Gasteiger partial charge in [-0.05, 0) is 12.3 Å². The number of carbonyl (C=O) groups is 2. The minimum Gasteiger partial charge on any atom is -0.481 e. The quantitative estimate of drug-likeness (QED) is 0.705. The molecule has 4 nitrogen and oxygen atoms in total. The molecule has 0 fully saturated rings. The maximum Gasteiger partial charge on any atom is 0.306 e. The maximum absolute atomic E-state index is 11.5. The van der Waals surface area contributed by atoms with Gasteiger partial charge in [-0.3, -0.25) is 9.59 Å². The lowest BCUT2D eigenvalue weighted by molar-refractivity contribution is -0.141. The van der Waals surface area contributed by atoms with Crippen LogP contribution in [0.2, 0.25) is 0 Å². The summed E-state index contributed by atoms with van der Waals surface area (Å²) >= 11 is 0. The van der Waals surface area contributed by atoms with Crippen LogP contribution in [0.4, 0.5) is 0 Å². The Morgan fingerprint density at radius 3 is 2.13 bits per heavy atom. The number of aliphatic carboxylic acids is 1. The fourth-order valence-corrected chi connectivity index (χ4v) is 0.999. The molecule has 0 aromatic carbocycles. The van der Waals surface area contributed by atoms with Gasteiger partial charge < -0.3 is 10.4 Å². The highest BCUT2D eigenvalue weighted by Gasteiger charge is 2.17. The topological polar surface area (TPSA) is 66.4 Å². The van der Waals surface area contributed by atoms with Crippen LogP contribution in [0.3, 0.4) is 0 Å². The Bertz CT molecular complexity index is 226. The molecule has 88 valence electrons. The van der Waals surface area contributed by atoms with Crippen LogP contribution in [0.15, 0.2) is 0 Å². The zero-order chi connectivity index (χ0) is 12.0. The molecular formula is C11H21NO3. The molecule has 1 amide bonds. The van der Waals surface area contributed by atoms with Crippen LogP contribution >= 0.6 is 0 Å². The number of hydrogen-bond acceptors (Lipinski definition) is 2. The van der Waals surface area contributed by atoms with Crippen molar-refractivity contribution in [3.8, 4) is 0 Å². The summed E-state index contributed by atoms with van der Waals surface area (Å²) in [6.07, 6.45) is 0.478. The molecule has 4 heteroatoms. The van der Waals surface area contributed by atoms with Gasteiger partial charge in [0.15, 0.2) is 0 Å². The second-order valence-electron chi connectivity index (χ2n) is 4.35. The second kappa shape index (κ2) is 6.43. The van der Waals surface area contributed by atoms with E-state index in [2.05, 4.69) is 5.32 Å². The highest BCUT2D eigenvalue weighted by atomic mass is 16.4. The molecule has 0 spiro atoms. The zero-order valence-electron chi connectivity index (χ0n) is 9.91. The molecule has 0 aromatic rings. The van der Waals surface area contributed by atoms with E-state index in [0.717, 1.165) is 0 Å². The molecule has 0 aliphatic heterocycles. The van der Waals surface area contributed by atoms with Crippen LogP contribution in [0, 0.1) is 17.8 Å². The first-order valence-electron chi connectivity index (χ1n) is 5.36. The molecule has 2 N–H and O–H groups in total. The van der Waals surface area contributed by atoms with Crippen molar-refractivity contribution in [1.29, 1.82) is 0 Å². The normalized spacial score (nSPS) is 14.7. The summed E-state index contributed by atoms with van der Waals surface area (Å²) in [6, 6.07) is 0. The van der Waals surface area contributed by atoms with E-state index in [-0.39, 0.29) is 11.8 Å². The number of hydrogen-bond donors (Lipinski definition) is 2. The Labute approximate surface area is 91.1 Å². The fraction of sp³-hybridized carbons (Fsp3) is 0.818. The number of rotatable bonds is 6. The summed E-state index contributed by atoms with van der Waals surface area (Å²) < 4.78 is 0. The standard InChI is InChI=1S/C11H21NO3/c1-7(2)9(4)10(13)12-6-5-8(3)11(14)15/h7-9H,5-6H2,1-4H3,(H,12,13)(H,14,15). The van der Waals surface area contributed by atoms with Gasteiger partial charge in [0.25, 0.3) is 0 Å². The fourth-order valence-electron chi connectivity index (χ4n) is 0.999. The van der Waals surface area contributed by atoms with Gasteiger partial charge in [0.05, 0.1) is 5.92 Å². The van der Waals surface area contributed by atoms with E-state index in [4.69, 9.17) is 5.11 Å². The van der Waals surface area contributed by atoms with Gasteiger partial charge in [0, 0.05) is 12.5 Å². The average Bonchev–Trinajstić information content (AvgIpc) is 2.15. The molecule has 15 heavy (non-hydrogen) atoms. The third kappa shape index (κ3) is 5.40. The Hall–Kier alpha value is -1.06. The van der Waals surface area contributed by atoms with E-state index in [1.165, 1.54) is 0 Å². The van der Waals surface area contributed by atoms with Crippen LogP contribution < -0.4 is 5.32 Å². The van der Waals surface area contributed by atoms with Gasteiger partial charge in [0.1, 0.15) is 0 Å². The van der Waals surface area contributed by atoms with Crippen LogP contribution in [0.25, 0.3) is 0 Å². The maximum atomic E-state index is 11.5. The van der Waals surface area contributed by atoms with Crippen molar-refractivity contribution in [2.24, 2.45) is 17.8 Å². The van der Waals surface area contributed by atoms with E-state index >= 15 is 0 Å². The lowest BCUT2D eigenvalue weighted by Crippen LogP contribution is -2.33. The van der Waals surface area contributed by atoms with Gasteiger partial charge in [-0.15, -0.1) is 0 Å². The summed E-state index contributed by atoms with van der Waals surface area (Å²) in [6.45, 7) is 7.93. The van der Waals surface area contributed by atoms with E-state index < -0.39 is 11.9 Å². The molecule has 0 aliphatic rings. The van der Waals surface area contributed by atoms with Crippen LogP contribution in [-0.2, 0) is 9.59 Å². The van der Waals surface area contributed by atoms with Gasteiger partial charge in [-0.1, -0.05) is 27.7 Å². The van der Waals surface area contributed by atoms with Crippen molar-refractivity contribution in [2.45, 2.75) is 34.1 Å². The summed E-state index contributed by atoms with van der Waals surface area (Å²) in [4.78, 5) is 22.0. The zero-order valence-corrected chi connectivity index (χ0v) is 9.91. The lowest BCUT2D eigenvalue weighted by Gasteiger charge is -2.15. The lowest BCUT2D eigenvalue weighted by atomic mass is 9.97. The van der Waals surface area contributed by atoms with E-state index in [0.29, 0.717) is 18.9 Å². The van der Waals surface area contributed by atoms with Gasteiger partial charge in [0.2, 0.25) is 5.91 Å². The first kappa shape index (κ1) is 13.9. The smallest absolute Gasteiger partial charge is 0.306 e. The molecule has 0 radical (unpaired) electrons. The van der Waals surface area contributed by atoms with Crippen molar-refractivity contribution in [2.75, 3.05) is 6.54 Å². The number of amides is 1. The van der Waals surface area contributed by atoms with Crippen LogP contribution in [-0.4, -0.2) is 23.5 Å². The van der Waals surface area contributed by atoms with Gasteiger partial charge in [-0.25, -0.2) is 0 Å². The Balaban J connectivity index is 3.78. The molecule has 0 bridgehead atoms. The van der Waals surface area contributed by atoms with Crippen molar-refractivity contribution in [1.82, 2.24) is 5.32 Å². The van der Waals surface area contributed by atoms with Gasteiger partial charge >= 0.3 is 5.97 Å².